The van der Waals surface area contributed by atoms with Gasteiger partial charge in [-0.2, -0.15) is 0 Å². The molecule has 2 N–H and O–H groups in total. The molecule has 118 valence electrons. The molecule has 5 heteroatoms. The van der Waals surface area contributed by atoms with E-state index in [0.29, 0.717) is 6.42 Å². The molecule has 0 saturated heterocycles. The van der Waals surface area contributed by atoms with Gasteiger partial charge in [0.1, 0.15) is 0 Å². The van der Waals surface area contributed by atoms with Crippen molar-refractivity contribution >= 4 is 17.6 Å². The van der Waals surface area contributed by atoms with Gasteiger partial charge in [0, 0.05) is 25.5 Å². The van der Waals surface area contributed by atoms with Crippen molar-refractivity contribution in [1.82, 2.24) is 10.6 Å². The van der Waals surface area contributed by atoms with Crippen LogP contribution in [-0.2, 0) is 14.4 Å². The summed E-state index contributed by atoms with van der Waals surface area (Å²) < 4.78 is 0. The highest BCUT2D eigenvalue weighted by Crippen LogP contribution is 2.32. The Morgan fingerprint density at radius 3 is 2.05 bits per heavy atom. The Morgan fingerprint density at radius 1 is 1.14 bits per heavy atom. The lowest BCUT2D eigenvalue weighted by molar-refractivity contribution is -0.127. The third-order valence-electron chi connectivity index (χ3n) is 3.07. The van der Waals surface area contributed by atoms with Crippen LogP contribution < -0.4 is 10.6 Å². The van der Waals surface area contributed by atoms with Gasteiger partial charge in [-0.05, 0) is 25.7 Å². The second-order valence-electron chi connectivity index (χ2n) is 6.61. The highest BCUT2D eigenvalue weighted by Gasteiger charge is 2.39. The van der Waals surface area contributed by atoms with Crippen LogP contribution >= 0.6 is 0 Å². The van der Waals surface area contributed by atoms with E-state index in [4.69, 9.17) is 0 Å². The number of carbonyl (C=O) groups excluding carboxylic acids is 3. The van der Waals surface area contributed by atoms with E-state index >= 15 is 0 Å². The molecule has 0 aliphatic carbocycles. The number of nitrogens with one attached hydrogen (secondary N) is 2. The van der Waals surface area contributed by atoms with Gasteiger partial charge in [0.25, 0.3) is 0 Å². The Hall–Kier alpha value is -1.87. The van der Waals surface area contributed by atoms with E-state index in [1.807, 2.05) is 27.7 Å². The van der Waals surface area contributed by atoms with E-state index in [1.165, 1.54) is 19.9 Å². The third-order valence-corrected chi connectivity index (χ3v) is 3.07. The molecule has 0 aromatic carbocycles. The number of hydrogen-bond donors (Lipinski definition) is 2. The number of rotatable bonds is 7. The average Bonchev–Trinajstić information content (AvgIpc) is 2.21. The summed E-state index contributed by atoms with van der Waals surface area (Å²) in [6, 6.07) is -0.697. The molecule has 0 radical (unpaired) electrons. The maximum absolute atomic E-state index is 12.2. The Labute approximate surface area is 126 Å². The molecule has 2 amide bonds. The van der Waals surface area contributed by atoms with Crippen molar-refractivity contribution in [3.63, 3.8) is 0 Å². The lowest BCUT2D eigenvalue weighted by Gasteiger charge is -2.39. The molecule has 0 aliphatic heterocycles. The van der Waals surface area contributed by atoms with E-state index in [2.05, 4.69) is 22.9 Å². The van der Waals surface area contributed by atoms with Crippen LogP contribution in [0.25, 0.3) is 0 Å². The van der Waals surface area contributed by atoms with Crippen molar-refractivity contribution in [3.8, 4) is 0 Å². The number of hydrogen-bond acceptors (Lipinski definition) is 3. The molecular formula is C16H26N2O3. The first-order chi connectivity index (χ1) is 9.41. The van der Waals surface area contributed by atoms with Gasteiger partial charge < -0.3 is 10.6 Å². The fourth-order valence-corrected chi connectivity index (χ4v) is 2.80. The molecule has 0 saturated carbocycles. The van der Waals surface area contributed by atoms with Crippen molar-refractivity contribution in [2.45, 2.75) is 59.5 Å². The molecule has 0 aromatic heterocycles. The lowest BCUT2D eigenvalue weighted by atomic mass is 9.73. The van der Waals surface area contributed by atoms with Gasteiger partial charge in [0.2, 0.25) is 11.8 Å². The van der Waals surface area contributed by atoms with Crippen LogP contribution in [0.3, 0.4) is 0 Å². The smallest absolute Gasteiger partial charge is 0.217 e. The maximum atomic E-state index is 12.2. The van der Waals surface area contributed by atoms with Crippen LogP contribution in [-0.4, -0.2) is 29.2 Å². The third kappa shape index (κ3) is 6.91. The first kappa shape index (κ1) is 19.1. The van der Waals surface area contributed by atoms with Gasteiger partial charge in [-0.3, -0.25) is 14.4 Å². The molecule has 0 fully saturated rings. The molecule has 0 bridgehead atoms. The van der Waals surface area contributed by atoms with E-state index in [9.17, 15) is 14.4 Å². The number of ketones is 1. The molecule has 0 rings (SSSR count). The molecule has 0 heterocycles. The fourth-order valence-electron chi connectivity index (χ4n) is 2.80. The minimum absolute atomic E-state index is 0.135. The van der Waals surface area contributed by atoms with Crippen LogP contribution in [0, 0.1) is 5.41 Å². The zero-order valence-electron chi connectivity index (χ0n) is 13.8. The molecule has 0 aliphatic rings. The maximum Gasteiger partial charge on any atom is 0.217 e. The van der Waals surface area contributed by atoms with Crippen LogP contribution in [0.2, 0.25) is 0 Å². The van der Waals surface area contributed by atoms with Crippen LogP contribution in [0.4, 0.5) is 0 Å². The van der Waals surface area contributed by atoms with Crippen LogP contribution in [0.5, 0.6) is 0 Å². The van der Waals surface area contributed by atoms with Crippen molar-refractivity contribution in [2.75, 3.05) is 0 Å². The van der Waals surface area contributed by atoms with Gasteiger partial charge in [-0.25, -0.2) is 0 Å². The molecule has 21 heavy (non-hydrogen) atoms. The zero-order chi connectivity index (χ0) is 16.8. The van der Waals surface area contributed by atoms with Crippen molar-refractivity contribution in [1.29, 1.82) is 0 Å². The van der Waals surface area contributed by atoms with Crippen molar-refractivity contribution in [3.05, 3.63) is 18.4 Å². The summed E-state index contributed by atoms with van der Waals surface area (Å²) in [5.41, 5.74) is 1.39. The second kappa shape index (κ2) is 7.23. The summed E-state index contributed by atoms with van der Waals surface area (Å²) in [6.07, 6.45) is 1.75. The second-order valence-corrected chi connectivity index (χ2v) is 6.61. The van der Waals surface area contributed by atoms with Crippen LogP contribution in [0.1, 0.15) is 48.0 Å². The van der Waals surface area contributed by atoms with E-state index in [-0.39, 0.29) is 17.6 Å². The fraction of sp³-hybridized carbons (Fsp3) is 0.625. The van der Waals surface area contributed by atoms with Gasteiger partial charge in [-0.15, -0.1) is 5.73 Å². The lowest BCUT2D eigenvalue weighted by Crippen LogP contribution is -2.54. The summed E-state index contributed by atoms with van der Waals surface area (Å²) in [5, 5.41) is 5.53. The van der Waals surface area contributed by atoms with E-state index in [1.54, 1.807) is 0 Å². The molecule has 5 nitrogen and oxygen atoms in total. The predicted octanol–water partition coefficient (Wildman–Crippen LogP) is 1.73. The Morgan fingerprint density at radius 2 is 1.67 bits per heavy atom. The summed E-state index contributed by atoms with van der Waals surface area (Å²) in [5.74, 6) is -0.677. The van der Waals surface area contributed by atoms with Crippen molar-refractivity contribution < 1.29 is 14.4 Å². The monoisotopic (exact) mass is 294 g/mol. The standard InChI is InChI=1S/C16H26N2O3/c1-8-9-13(21)14(17-11(2)19)15(4,5)10-16(6,7)18-12(3)20/h9,14H,1,10H2,2-7H3,(H,17,19)(H,18,20). The molecule has 0 aromatic rings. The summed E-state index contributed by atoms with van der Waals surface area (Å²) in [4.78, 5) is 34.8. The molecule has 0 spiro atoms. The quantitative estimate of drug-likeness (QED) is 0.554. The SMILES string of the molecule is C=C=CC(=O)C(NC(C)=O)C(C)(C)CC(C)(C)NC(C)=O. The molecular weight excluding hydrogens is 268 g/mol. The topological polar surface area (TPSA) is 75.3 Å². The highest BCUT2D eigenvalue weighted by molar-refractivity contribution is 5.97. The number of carbonyl (C=O) groups is 3. The van der Waals surface area contributed by atoms with Crippen LogP contribution in [0.15, 0.2) is 18.4 Å². The Kier molecular flexibility index (Phi) is 6.58. The highest BCUT2D eigenvalue weighted by atomic mass is 16.2. The molecule has 1 atom stereocenters. The van der Waals surface area contributed by atoms with Crippen molar-refractivity contribution in [2.24, 2.45) is 5.41 Å². The van der Waals surface area contributed by atoms with Gasteiger partial charge in [-0.1, -0.05) is 20.4 Å². The van der Waals surface area contributed by atoms with E-state index < -0.39 is 17.0 Å². The minimum Gasteiger partial charge on any atom is -0.351 e. The van der Waals surface area contributed by atoms with E-state index in [0.717, 1.165) is 0 Å². The summed E-state index contributed by atoms with van der Waals surface area (Å²) in [7, 11) is 0. The minimum atomic E-state index is -0.697. The number of amides is 2. The predicted molar refractivity (Wildman–Crippen MR) is 82.6 cm³/mol. The summed E-state index contributed by atoms with van der Waals surface area (Å²) >= 11 is 0. The molecule has 1 unspecified atom stereocenters. The van der Waals surface area contributed by atoms with Gasteiger partial charge in [0.05, 0.1) is 6.04 Å². The first-order valence-electron chi connectivity index (χ1n) is 6.87. The largest absolute Gasteiger partial charge is 0.351 e. The normalized spacial score (nSPS) is 12.9. The first-order valence-corrected chi connectivity index (χ1v) is 6.87. The van der Waals surface area contributed by atoms with Gasteiger partial charge in [0.15, 0.2) is 5.78 Å². The summed E-state index contributed by atoms with van der Waals surface area (Å²) in [6.45, 7) is 13.7. The average molecular weight is 294 g/mol. The van der Waals surface area contributed by atoms with Gasteiger partial charge >= 0.3 is 0 Å². The zero-order valence-corrected chi connectivity index (χ0v) is 13.8. The Balaban J connectivity index is 5.34. The Bertz CT molecular complexity index is 472.